The topological polar surface area (TPSA) is 118 Å². The first-order chi connectivity index (χ1) is 17.4. The third kappa shape index (κ3) is 3.54. The van der Waals surface area contributed by atoms with E-state index in [0.29, 0.717) is 42.0 Å². The highest BCUT2D eigenvalue weighted by Crippen LogP contribution is 2.31. The maximum Gasteiger partial charge on any atom is 0.356 e. The van der Waals surface area contributed by atoms with Crippen molar-refractivity contribution in [3.63, 3.8) is 0 Å². The Hall–Kier alpha value is -4.44. The van der Waals surface area contributed by atoms with Crippen molar-refractivity contribution in [2.24, 2.45) is 0 Å². The van der Waals surface area contributed by atoms with E-state index in [-0.39, 0.29) is 35.9 Å². The fourth-order valence-corrected chi connectivity index (χ4v) is 4.82. The van der Waals surface area contributed by atoms with E-state index in [1.807, 2.05) is 6.92 Å². The third-order valence-corrected chi connectivity index (χ3v) is 6.60. The zero-order valence-corrected chi connectivity index (χ0v) is 19.4. The number of morpholine rings is 1. The van der Waals surface area contributed by atoms with Crippen molar-refractivity contribution in [1.29, 1.82) is 0 Å². The van der Waals surface area contributed by atoms with Crippen LogP contribution in [0.3, 0.4) is 0 Å². The number of anilines is 2. The van der Waals surface area contributed by atoms with Crippen LogP contribution in [0.2, 0.25) is 0 Å². The van der Waals surface area contributed by atoms with Gasteiger partial charge in [0, 0.05) is 28.9 Å². The Morgan fingerprint density at radius 2 is 1.75 bits per heavy atom. The summed E-state index contributed by atoms with van der Waals surface area (Å²) in [4.78, 5) is 41.2. The van der Waals surface area contributed by atoms with Gasteiger partial charge in [0.25, 0.3) is 11.8 Å². The summed E-state index contributed by atoms with van der Waals surface area (Å²) in [5.41, 5.74) is 3.15. The first-order valence-electron chi connectivity index (χ1n) is 11.6. The number of amides is 2. The zero-order chi connectivity index (χ0) is 25.0. The Morgan fingerprint density at radius 1 is 1.03 bits per heavy atom. The van der Waals surface area contributed by atoms with Gasteiger partial charge in [-0.3, -0.25) is 9.59 Å². The lowest BCUT2D eigenvalue weighted by Crippen LogP contribution is -2.45. The number of carbonyl (C=O) groups excluding carboxylic acids is 2. The van der Waals surface area contributed by atoms with Gasteiger partial charge < -0.3 is 24.1 Å². The predicted molar refractivity (Wildman–Crippen MR) is 130 cm³/mol. The number of carboxylic acids is 1. The van der Waals surface area contributed by atoms with Crippen molar-refractivity contribution in [2.45, 2.75) is 19.4 Å². The molecule has 2 aromatic heterocycles. The largest absolute Gasteiger partial charge is 0.476 e. The number of fused-ring (bicyclic) bond motifs is 2. The highest BCUT2D eigenvalue weighted by Gasteiger charge is 2.35. The number of furan rings is 1. The number of aromatic carboxylic acids is 1. The molecular weight excluding hydrogens is 464 g/mol. The van der Waals surface area contributed by atoms with E-state index in [2.05, 4.69) is 5.10 Å². The molecule has 6 rings (SSSR count). The number of carboxylic acid groups (broad SMARTS) is 1. The van der Waals surface area contributed by atoms with Crippen molar-refractivity contribution < 1.29 is 28.6 Å². The molecule has 1 N–H and O–H groups in total. The minimum Gasteiger partial charge on any atom is -0.476 e. The molecular formula is C26H22N4O6. The molecule has 10 nitrogen and oxygen atoms in total. The molecule has 0 spiro atoms. The number of aromatic nitrogens is 2. The average Bonchev–Trinajstić information content (AvgIpc) is 3.51. The molecule has 2 aliphatic heterocycles. The number of rotatable bonds is 4. The van der Waals surface area contributed by atoms with Crippen LogP contribution >= 0.6 is 0 Å². The molecule has 0 unspecified atom stereocenters. The number of benzene rings is 2. The van der Waals surface area contributed by atoms with Gasteiger partial charge in [-0.1, -0.05) is 0 Å². The number of hydrogen-bond donors (Lipinski definition) is 1. The molecule has 10 heteroatoms. The zero-order valence-electron chi connectivity index (χ0n) is 19.4. The van der Waals surface area contributed by atoms with Crippen LogP contribution in [0.25, 0.3) is 16.7 Å². The number of hydrogen-bond acceptors (Lipinski definition) is 6. The smallest absolute Gasteiger partial charge is 0.356 e. The van der Waals surface area contributed by atoms with E-state index in [1.165, 1.54) is 4.68 Å². The van der Waals surface area contributed by atoms with E-state index in [9.17, 15) is 19.5 Å². The van der Waals surface area contributed by atoms with Crippen LogP contribution in [0.15, 0.2) is 59.2 Å². The third-order valence-electron chi connectivity index (χ3n) is 6.60. The predicted octanol–water partition coefficient (Wildman–Crippen LogP) is 3.27. The van der Waals surface area contributed by atoms with Gasteiger partial charge >= 0.3 is 5.97 Å². The highest BCUT2D eigenvalue weighted by atomic mass is 16.5. The normalized spacial score (nSPS) is 18.1. The van der Waals surface area contributed by atoms with Crippen molar-refractivity contribution in [1.82, 2.24) is 9.78 Å². The fourth-order valence-electron chi connectivity index (χ4n) is 4.82. The van der Waals surface area contributed by atoms with Gasteiger partial charge in [0.1, 0.15) is 17.9 Å². The van der Waals surface area contributed by atoms with Crippen molar-refractivity contribution >= 4 is 40.1 Å². The molecule has 2 aliphatic rings. The molecule has 0 radical (unpaired) electrons. The SMILES string of the molecule is C[C@@H]1CN(c2ccc(N3CCc4c(C(=O)O)nn(-c5ccc6occc6c5)c4C3=O)cc2)C(=O)CO1. The van der Waals surface area contributed by atoms with Crippen molar-refractivity contribution in [3.8, 4) is 5.69 Å². The quantitative estimate of drug-likeness (QED) is 0.470. The Bertz CT molecular complexity index is 1520. The summed E-state index contributed by atoms with van der Waals surface area (Å²) in [6, 6.07) is 14.3. The molecule has 182 valence electrons. The van der Waals surface area contributed by atoms with Crippen LogP contribution in [-0.2, 0) is 16.0 Å². The molecule has 4 heterocycles. The van der Waals surface area contributed by atoms with Crippen LogP contribution in [0.4, 0.5) is 11.4 Å². The monoisotopic (exact) mass is 486 g/mol. The van der Waals surface area contributed by atoms with E-state index >= 15 is 0 Å². The first kappa shape index (κ1) is 22.1. The highest BCUT2D eigenvalue weighted by molar-refractivity contribution is 6.09. The van der Waals surface area contributed by atoms with Crippen LogP contribution in [0.1, 0.15) is 33.5 Å². The number of ether oxygens (including phenoxy) is 1. The van der Waals surface area contributed by atoms with E-state index in [1.54, 1.807) is 64.6 Å². The first-order valence-corrected chi connectivity index (χ1v) is 11.6. The van der Waals surface area contributed by atoms with Gasteiger partial charge in [0.15, 0.2) is 5.69 Å². The molecule has 1 atom stereocenters. The Labute approximate surface area is 205 Å². The van der Waals surface area contributed by atoms with Crippen LogP contribution in [0.5, 0.6) is 0 Å². The summed E-state index contributed by atoms with van der Waals surface area (Å²) < 4.78 is 12.2. The molecule has 1 saturated heterocycles. The molecule has 36 heavy (non-hydrogen) atoms. The summed E-state index contributed by atoms with van der Waals surface area (Å²) in [5.74, 6) is -1.63. The lowest BCUT2D eigenvalue weighted by Gasteiger charge is -2.32. The maximum absolute atomic E-state index is 13.7. The lowest BCUT2D eigenvalue weighted by molar-refractivity contribution is -0.128. The molecule has 0 bridgehead atoms. The second kappa shape index (κ2) is 8.35. The van der Waals surface area contributed by atoms with Gasteiger partial charge in [-0.25, -0.2) is 9.48 Å². The molecule has 1 fully saturated rings. The molecule has 2 amide bonds. The minimum absolute atomic E-state index is 0.0385. The Kier molecular flexibility index (Phi) is 5.11. The van der Waals surface area contributed by atoms with Crippen molar-refractivity contribution in [2.75, 3.05) is 29.5 Å². The number of carbonyl (C=O) groups is 3. The summed E-state index contributed by atoms with van der Waals surface area (Å²) in [6.07, 6.45) is 1.85. The molecule has 4 aromatic rings. The fraction of sp³-hybridized carbons (Fsp3) is 0.231. The van der Waals surface area contributed by atoms with E-state index in [0.717, 1.165) is 11.1 Å². The van der Waals surface area contributed by atoms with E-state index < -0.39 is 5.97 Å². The maximum atomic E-state index is 13.7. The molecule has 0 saturated carbocycles. The summed E-state index contributed by atoms with van der Waals surface area (Å²) in [7, 11) is 0. The van der Waals surface area contributed by atoms with Gasteiger partial charge in [0.2, 0.25) is 0 Å². The van der Waals surface area contributed by atoms with Gasteiger partial charge in [-0.2, -0.15) is 5.10 Å². The average molecular weight is 486 g/mol. The number of nitrogens with zero attached hydrogens (tertiary/aromatic N) is 4. The summed E-state index contributed by atoms with van der Waals surface area (Å²) >= 11 is 0. The van der Waals surface area contributed by atoms with Crippen molar-refractivity contribution in [3.05, 3.63) is 71.7 Å². The lowest BCUT2D eigenvalue weighted by atomic mass is 10.0. The van der Waals surface area contributed by atoms with Crippen LogP contribution in [-0.4, -0.2) is 58.5 Å². The minimum atomic E-state index is -1.18. The van der Waals surface area contributed by atoms with Gasteiger partial charge in [0.05, 0.1) is 24.6 Å². The van der Waals surface area contributed by atoms with E-state index in [4.69, 9.17) is 9.15 Å². The Morgan fingerprint density at radius 3 is 2.50 bits per heavy atom. The summed E-state index contributed by atoms with van der Waals surface area (Å²) in [6.45, 7) is 2.72. The molecule has 2 aromatic carbocycles. The second-order valence-corrected chi connectivity index (χ2v) is 8.88. The molecule has 0 aliphatic carbocycles. The second-order valence-electron chi connectivity index (χ2n) is 8.88. The summed E-state index contributed by atoms with van der Waals surface area (Å²) in [5, 5.41) is 14.9. The standard InChI is InChI=1S/C26H22N4O6/c1-15-13-29(22(31)14-36-15)18-4-2-17(3-5-18)28-10-8-20-23(26(33)34)27-30(24(20)25(28)32)19-6-7-21-16(12-19)9-11-35-21/h2-7,9,11-12,15H,8,10,13-14H2,1H3,(H,33,34)/t15-/m1/s1. The van der Waals surface area contributed by atoms with Gasteiger partial charge in [-0.05, 0) is 61.9 Å². The van der Waals surface area contributed by atoms with Gasteiger partial charge in [-0.15, -0.1) is 0 Å². The Balaban J connectivity index is 1.36. The van der Waals surface area contributed by atoms with Crippen LogP contribution in [0, 0.1) is 0 Å². The van der Waals surface area contributed by atoms with Crippen LogP contribution < -0.4 is 9.80 Å².